The molecule has 88 valence electrons. The van der Waals surface area contributed by atoms with Gasteiger partial charge in [0.2, 0.25) is 0 Å². The molecule has 1 aromatic heterocycles. The highest BCUT2D eigenvalue weighted by Crippen LogP contribution is 2.26. The topological polar surface area (TPSA) is 19.0 Å². The van der Waals surface area contributed by atoms with Gasteiger partial charge in [0.25, 0.3) is 0 Å². The summed E-state index contributed by atoms with van der Waals surface area (Å²) in [7, 11) is 2.17. The predicted molar refractivity (Wildman–Crippen MR) is 75.0 cm³/mol. The van der Waals surface area contributed by atoms with E-state index in [1.54, 1.807) is 0 Å². The van der Waals surface area contributed by atoms with Crippen molar-refractivity contribution in [3.05, 3.63) is 46.2 Å². The van der Waals surface area contributed by atoms with Crippen LogP contribution in [0.4, 0.5) is 0 Å². The first kappa shape index (κ1) is 10.9. The monoisotopic (exact) mass is 290 g/mol. The van der Waals surface area contributed by atoms with E-state index in [2.05, 4.69) is 63.3 Å². The molecule has 1 aromatic carbocycles. The van der Waals surface area contributed by atoms with Crippen molar-refractivity contribution in [2.75, 3.05) is 13.6 Å². The zero-order valence-corrected chi connectivity index (χ0v) is 11.4. The van der Waals surface area contributed by atoms with Crippen LogP contribution in [0.5, 0.6) is 0 Å². The number of benzene rings is 1. The standard InChI is InChI=1S/C14H15BrN2/c1-17-6-2-3-12(17)7-10-9-16-14-5-4-11(15)8-13(10)14/h3-5,8-9,16H,2,6-7H2,1H3. The molecule has 0 aliphatic carbocycles. The molecule has 2 nitrogen and oxygen atoms in total. The number of nitrogens with zero attached hydrogens (tertiary/aromatic N) is 1. The Kier molecular flexibility index (Phi) is 2.71. The van der Waals surface area contributed by atoms with Gasteiger partial charge in [0, 0.05) is 47.3 Å². The predicted octanol–water partition coefficient (Wildman–Crippen LogP) is 3.69. The molecule has 0 fully saturated rings. The van der Waals surface area contributed by atoms with E-state index in [-0.39, 0.29) is 0 Å². The number of halogens is 1. The lowest BCUT2D eigenvalue weighted by Crippen LogP contribution is -2.14. The Morgan fingerprint density at radius 3 is 3.06 bits per heavy atom. The number of aromatic nitrogens is 1. The third-order valence-corrected chi connectivity index (χ3v) is 3.93. The number of hydrogen-bond donors (Lipinski definition) is 1. The minimum absolute atomic E-state index is 1.02. The van der Waals surface area contributed by atoms with Crippen LogP contribution in [0.2, 0.25) is 0 Å². The van der Waals surface area contributed by atoms with Crippen LogP contribution in [0.15, 0.2) is 40.6 Å². The Hall–Kier alpha value is -1.22. The molecule has 1 aliphatic heterocycles. The molecule has 1 aliphatic rings. The first-order valence-corrected chi connectivity index (χ1v) is 6.69. The summed E-state index contributed by atoms with van der Waals surface area (Å²) in [6.45, 7) is 1.15. The first-order chi connectivity index (χ1) is 8.24. The van der Waals surface area contributed by atoms with Gasteiger partial charge in [-0.2, -0.15) is 0 Å². The number of rotatable bonds is 2. The number of hydrogen-bond acceptors (Lipinski definition) is 1. The molecule has 0 amide bonds. The van der Waals surface area contributed by atoms with Crippen molar-refractivity contribution in [3.8, 4) is 0 Å². The zero-order valence-electron chi connectivity index (χ0n) is 9.83. The van der Waals surface area contributed by atoms with Gasteiger partial charge in [-0.3, -0.25) is 0 Å². The number of allylic oxidation sites excluding steroid dienone is 1. The third-order valence-electron chi connectivity index (χ3n) is 3.44. The summed E-state index contributed by atoms with van der Waals surface area (Å²) in [6, 6.07) is 6.38. The van der Waals surface area contributed by atoms with Crippen LogP contribution in [-0.2, 0) is 6.42 Å². The fraction of sp³-hybridized carbons (Fsp3) is 0.286. The Morgan fingerprint density at radius 2 is 2.29 bits per heavy atom. The van der Waals surface area contributed by atoms with Crippen LogP contribution < -0.4 is 0 Å². The first-order valence-electron chi connectivity index (χ1n) is 5.90. The number of fused-ring (bicyclic) bond motifs is 1. The summed E-state index contributed by atoms with van der Waals surface area (Å²) in [5.74, 6) is 0. The van der Waals surface area contributed by atoms with E-state index >= 15 is 0 Å². The normalized spacial score (nSPS) is 15.6. The lowest BCUT2D eigenvalue weighted by molar-refractivity contribution is 0.449. The van der Waals surface area contributed by atoms with Crippen molar-refractivity contribution in [1.82, 2.24) is 9.88 Å². The lowest BCUT2D eigenvalue weighted by atomic mass is 10.1. The fourth-order valence-electron chi connectivity index (χ4n) is 2.42. The average molecular weight is 291 g/mol. The van der Waals surface area contributed by atoms with E-state index in [1.807, 2.05) is 0 Å². The van der Waals surface area contributed by atoms with E-state index in [0.717, 1.165) is 17.4 Å². The smallest absolute Gasteiger partial charge is 0.0457 e. The van der Waals surface area contributed by atoms with Crippen LogP contribution >= 0.6 is 15.9 Å². The minimum atomic E-state index is 1.02. The molecule has 0 radical (unpaired) electrons. The summed E-state index contributed by atoms with van der Waals surface area (Å²) < 4.78 is 1.14. The van der Waals surface area contributed by atoms with E-state index in [9.17, 15) is 0 Å². The van der Waals surface area contributed by atoms with E-state index in [1.165, 1.54) is 28.6 Å². The van der Waals surface area contributed by atoms with Gasteiger partial charge in [0.1, 0.15) is 0 Å². The highest BCUT2D eigenvalue weighted by Gasteiger charge is 2.13. The van der Waals surface area contributed by atoms with Crippen molar-refractivity contribution in [1.29, 1.82) is 0 Å². The third kappa shape index (κ3) is 2.00. The van der Waals surface area contributed by atoms with Crippen LogP contribution in [0.1, 0.15) is 12.0 Å². The molecule has 0 atom stereocenters. The molecule has 1 N–H and O–H groups in total. The summed E-state index contributed by atoms with van der Waals surface area (Å²) in [4.78, 5) is 5.68. The quantitative estimate of drug-likeness (QED) is 0.894. The summed E-state index contributed by atoms with van der Waals surface area (Å²) in [5, 5.41) is 1.32. The fourth-order valence-corrected chi connectivity index (χ4v) is 2.78. The van der Waals surface area contributed by atoms with E-state index < -0.39 is 0 Å². The maximum absolute atomic E-state index is 3.54. The molecular weight excluding hydrogens is 276 g/mol. The second-order valence-electron chi connectivity index (χ2n) is 4.59. The summed E-state index contributed by atoms with van der Waals surface area (Å²) >= 11 is 3.54. The summed E-state index contributed by atoms with van der Waals surface area (Å²) in [5.41, 5.74) is 4.02. The van der Waals surface area contributed by atoms with Crippen LogP contribution in [0.3, 0.4) is 0 Å². The molecule has 3 heteroatoms. The minimum Gasteiger partial charge on any atom is -0.378 e. The molecule has 0 saturated carbocycles. The average Bonchev–Trinajstić information content (AvgIpc) is 2.88. The number of aromatic amines is 1. The molecule has 3 rings (SSSR count). The number of likely N-dealkylation sites (N-methyl/N-ethyl adjacent to an activating group) is 1. The Bertz CT molecular complexity index is 583. The molecular formula is C14H15BrN2. The largest absolute Gasteiger partial charge is 0.378 e. The number of H-pyrrole nitrogens is 1. The molecule has 0 spiro atoms. The molecule has 0 saturated heterocycles. The zero-order chi connectivity index (χ0) is 11.8. The van der Waals surface area contributed by atoms with Gasteiger partial charge in [0.15, 0.2) is 0 Å². The number of nitrogens with one attached hydrogen (secondary N) is 1. The van der Waals surface area contributed by atoms with Crippen LogP contribution in [0, 0.1) is 0 Å². The van der Waals surface area contributed by atoms with E-state index in [0.29, 0.717) is 0 Å². The Labute approximate surface area is 109 Å². The van der Waals surface area contributed by atoms with Crippen LogP contribution in [-0.4, -0.2) is 23.5 Å². The van der Waals surface area contributed by atoms with Gasteiger partial charge in [-0.05, 0) is 30.2 Å². The SMILES string of the molecule is CN1CCC=C1Cc1c[nH]c2ccc(Br)cc12. The highest BCUT2D eigenvalue weighted by molar-refractivity contribution is 9.10. The second-order valence-corrected chi connectivity index (χ2v) is 5.50. The van der Waals surface area contributed by atoms with Crippen LogP contribution in [0.25, 0.3) is 10.9 Å². The molecule has 0 bridgehead atoms. The van der Waals surface area contributed by atoms with Crippen molar-refractivity contribution in [2.24, 2.45) is 0 Å². The van der Waals surface area contributed by atoms with Gasteiger partial charge in [0.05, 0.1) is 0 Å². The van der Waals surface area contributed by atoms with Gasteiger partial charge in [-0.25, -0.2) is 0 Å². The summed E-state index contributed by atoms with van der Waals surface area (Å²) in [6.07, 6.45) is 6.67. The maximum Gasteiger partial charge on any atom is 0.0457 e. The second kappa shape index (κ2) is 4.22. The molecule has 0 unspecified atom stereocenters. The Balaban J connectivity index is 1.98. The maximum atomic E-state index is 3.54. The van der Waals surface area contributed by atoms with Crippen molar-refractivity contribution >= 4 is 26.8 Å². The van der Waals surface area contributed by atoms with Crippen molar-refractivity contribution in [3.63, 3.8) is 0 Å². The molecule has 2 heterocycles. The highest BCUT2D eigenvalue weighted by atomic mass is 79.9. The van der Waals surface area contributed by atoms with E-state index in [4.69, 9.17) is 0 Å². The Morgan fingerprint density at radius 1 is 1.41 bits per heavy atom. The van der Waals surface area contributed by atoms with Gasteiger partial charge < -0.3 is 9.88 Å². The van der Waals surface area contributed by atoms with Gasteiger partial charge >= 0.3 is 0 Å². The lowest BCUT2D eigenvalue weighted by Gasteiger charge is -2.15. The van der Waals surface area contributed by atoms with Crippen molar-refractivity contribution < 1.29 is 0 Å². The molecule has 2 aromatic rings. The van der Waals surface area contributed by atoms with Crippen molar-refractivity contribution in [2.45, 2.75) is 12.8 Å². The van der Waals surface area contributed by atoms with Gasteiger partial charge in [-0.1, -0.05) is 22.0 Å². The molecule has 17 heavy (non-hydrogen) atoms. The van der Waals surface area contributed by atoms with Gasteiger partial charge in [-0.15, -0.1) is 0 Å².